The van der Waals surface area contributed by atoms with Crippen LogP contribution in [0.4, 0.5) is 0 Å². The lowest BCUT2D eigenvalue weighted by Gasteiger charge is -2.40. The van der Waals surface area contributed by atoms with Crippen molar-refractivity contribution >= 4 is 21.8 Å². The van der Waals surface area contributed by atoms with Crippen molar-refractivity contribution in [3.8, 4) is 0 Å². The van der Waals surface area contributed by atoms with Crippen LogP contribution in [0.15, 0.2) is 42.5 Å². The number of ether oxygens (including phenoxy) is 1. The molecular weight excluding hydrogens is 448 g/mol. The molecule has 1 aliphatic rings. The maximum absolute atomic E-state index is 11.0. The molecule has 11 heteroatoms. The van der Waals surface area contributed by atoms with Gasteiger partial charge in [0, 0.05) is 11.6 Å². The van der Waals surface area contributed by atoms with Crippen molar-refractivity contribution in [3.05, 3.63) is 69.7 Å². The van der Waals surface area contributed by atoms with Gasteiger partial charge >= 0.3 is 0 Å². The van der Waals surface area contributed by atoms with E-state index in [0.717, 1.165) is 16.7 Å². The maximum atomic E-state index is 11.0. The third-order valence-corrected chi connectivity index (χ3v) is 6.10. The Kier molecular flexibility index (Phi) is 7.68. The smallest absolute Gasteiger partial charge is 0.274 e. The van der Waals surface area contributed by atoms with Gasteiger partial charge in [-0.1, -0.05) is 48.0 Å². The van der Waals surface area contributed by atoms with Gasteiger partial charge < -0.3 is 25.2 Å². The molecule has 5 atom stereocenters. The van der Waals surface area contributed by atoms with Crippen LogP contribution in [-0.2, 0) is 27.9 Å². The van der Waals surface area contributed by atoms with Crippen molar-refractivity contribution in [2.75, 3.05) is 6.61 Å². The summed E-state index contributed by atoms with van der Waals surface area (Å²) in [5.74, 6) is 0. The molecule has 1 fully saturated rings. The fourth-order valence-corrected chi connectivity index (χ4v) is 4.02. The van der Waals surface area contributed by atoms with Gasteiger partial charge in [0.05, 0.1) is 6.61 Å². The predicted molar refractivity (Wildman–Crippen MR) is 113 cm³/mol. The third-order valence-electron chi connectivity index (χ3n) is 5.19. The molecule has 0 aromatic heterocycles. The molecule has 3 rings (SSSR count). The lowest BCUT2D eigenvalue weighted by Crippen LogP contribution is -2.55. The number of nitrogens with one attached hydrogen (secondary N) is 1. The summed E-state index contributed by atoms with van der Waals surface area (Å²) in [5, 5.41) is 45.2. The molecule has 9 nitrogen and oxygen atoms in total. The lowest BCUT2D eigenvalue weighted by molar-refractivity contribution is -0.231. The quantitative estimate of drug-likeness (QED) is 0.323. The van der Waals surface area contributed by atoms with E-state index in [9.17, 15) is 28.8 Å². The third kappa shape index (κ3) is 6.01. The number of halogens is 1. The number of hydrogen-bond acceptors (Lipinski definition) is 7. The number of hydrogen-bond donors (Lipinski definition) is 6. The molecule has 31 heavy (non-hydrogen) atoms. The first kappa shape index (κ1) is 24.1. The van der Waals surface area contributed by atoms with Gasteiger partial charge in [-0.3, -0.25) is 0 Å². The van der Waals surface area contributed by atoms with Crippen LogP contribution in [0, 0.1) is 0 Å². The second-order valence-corrected chi connectivity index (χ2v) is 9.25. The van der Waals surface area contributed by atoms with Crippen LogP contribution in [0.5, 0.6) is 0 Å². The summed E-state index contributed by atoms with van der Waals surface area (Å²) < 4.78 is 29.8. The first-order valence-electron chi connectivity index (χ1n) is 9.53. The topological polar surface area (TPSA) is 162 Å². The minimum Gasteiger partial charge on any atom is -0.394 e. The van der Waals surface area contributed by atoms with E-state index in [1.165, 1.54) is 0 Å². The van der Waals surface area contributed by atoms with Gasteiger partial charge in [-0.15, -0.1) is 0 Å². The molecule has 1 aliphatic heterocycles. The molecule has 7 N–H and O–H groups in total. The highest BCUT2D eigenvalue weighted by atomic mass is 35.5. The summed E-state index contributed by atoms with van der Waals surface area (Å²) >= 11 is 6.34. The van der Waals surface area contributed by atoms with E-state index in [-0.39, 0.29) is 6.54 Å². The number of rotatable bonds is 7. The first-order chi connectivity index (χ1) is 14.6. The summed E-state index contributed by atoms with van der Waals surface area (Å²) in [7, 11) is -3.77. The summed E-state index contributed by atoms with van der Waals surface area (Å²) in [6.07, 6.45) is -5.76. The molecule has 0 amide bonds. The zero-order valence-electron chi connectivity index (χ0n) is 16.4. The van der Waals surface area contributed by atoms with Gasteiger partial charge in [0.25, 0.3) is 10.2 Å². The lowest BCUT2D eigenvalue weighted by atomic mass is 9.90. The van der Waals surface area contributed by atoms with Gasteiger partial charge in [-0.2, -0.15) is 13.1 Å². The number of benzene rings is 2. The van der Waals surface area contributed by atoms with E-state index in [1.807, 2.05) is 12.1 Å². The van der Waals surface area contributed by atoms with Crippen molar-refractivity contribution in [2.45, 2.75) is 43.5 Å². The van der Waals surface area contributed by atoms with Crippen LogP contribution >= 0.6 is 11.6 Å². The number of nitrogens with two attached hydrogens (primary N) is 1. The fourth-order valence-electron chi connectivity index (χ4n) is 3.46. The average Bonchev–Trinajstić information content (AvgIpc) is 2.73. The second-order valence-electron chi connectivity index (χ2n) is 7.46. The fraction of sp³-hybridized carbons (Fsp3) is 0.400. The minimum absolute atomic E-state index is 0.0759. The molecule has 0 aliphatic carbocycles. The molecule has 2 aromatic carbocycles. The summed E-state index contributed by atoms with van der Waals surface area (Å²) in [6, 6.07) is 12.2. The van der Waals surface area contributed by atoms with Crippen LogP contribution in [0.3, 0.4) is 0 Å². The van der Waals surface area contributed by atoms with E-state index in [0.29, 0.717) is 17.0 Å². The number of aliphatic hydroxyl groups is 4. The zero-order chi connectivity index (χ0) is 22.8. The largest absolute Gasteiger partial charge is 0.394 e. The Balaban J connectivity index is 1.77. The molecule has 0 spiro atoms. The normalized spacial score (nSPS) is 26.7. The van der Waals surface area contributed by atoms with Crippen LogP contribution in [-0.4, -0.2) is 59.9 Å². The van der Waals surface area contributed by atoms with Gasteiger partial charge in [-0.25, -0.2) is 5.14 Å². The molecule has 1 heterocycles. The highest BCUT2D eigenvalue weighted by molar-refractivity contribution is 7.87. The Bertz CT molecular complexity index is 1000. The van der Waals surface area contributed by atoms with Crippen LogP contribution in [0.25, 0.3) is 0 Å². The Morgan fingerprint density at radius 2 is 1.65 bits per heavy atom. The molecule has 0 bridgehead atoms. The Hall–Kier alpha value is -1.60. The van der Waals surface area contributed by atoms with Crippen molar-refractivity contribution in [1.29, 1.82) is 0 Å². The van der Waals surface area contributed by atoms with Crippen molar-refractivity contribution in [2.24, 2.45) is 5.14 Å². The van der Waals surface area contributed by atoms with Crippen LogP contribution in [0.1, 0.15) is 28.4 Å². The van der Waals surface area contributed by atoms with Crippen molar-refractivity contribution in [1.82, 2.24) is 4.72 Å². The molecule has 170 valence electrons. The first-order valence-corrected chi connectivity index (χ1v) is 11.5. The number of aliphatic hydroxyl groups excluding tert-OH is 4. The SMILES string of the molecule is NS(=O)(=O)NCc1ccc(Cc2cc([C@@H]3O[C@H](CO)[C@@H](O)[C@H](O)[C@H]3O)ccc2Cl)cc1. The van der Waals surface area contributed by atoms with E-state index >= 15 is 0 Å². The molecular formula is C20H25ClN2O7S. The summed E-state index contributed by atoms with van der Waals surface area (Å²) in [5.41, 5.74) is 2.93. The summed E-state index contributed by atoms with van der Waals surface area (Å²) in [4.78, 5) is 0. The standard InChI is InChI=1S/C20H25ClN2O7S/c21-15-6-5-13(20-19(27)18(26)17(25)16(10-24)30-20)8-14(15)7-11-1-3-12(4-2-11)9-23-31(22,28)29/h1-6,8,16-20,23-27H,7,9-10H2,(H2,22,28,29)/t16-,17-,18+,19-,20+/m1/s1. The predicted octanol–water partition coefficient (Wildman–Crippen LogP) is -0.261. The molecule has 0 saturated carbocycles. The van der Waals surface area contributed by atoms with Gasteiger partial charge in [0.1, 0.15) is 30.5 Å². The van der Waals surface area contributed by atoms with Gasteiger partial charge in [0.2, 0.25) is 0 Å². The van der Waals surface area contributed by atoms with Crippen LogP contribution < -0.4 is 9.86 Å². The van der Waals surface area contributed by atoms with Crippen molar-refractivity contribution < 1.29 is 33.6 Å². The zero-order valence-corrected chi connectivity index (χ0v) is 18.0. The molecule has 1 saturated heterocycles. The second kappa shape index (κ2) is 9.90. The molecule has 0 radical (unpaired) electrons. The Labute approximate surface area is 185 Å². The Morgan fingerprint density at radius 3 is 2.26 bits per heavy atom. The highest BCUT2D eigenvalue weighted by Gasteiger charge is 2.44. The summed E-state index contributed by atoms with van der Waals surface area (Å²) in [6.45, 7) is -0.430. The van der Waals surface area contributed by atoms with E-state index < -0.39 is 47.3 Å². The van der Waals surface area contributed by atoms with E-state index in [4.69, 9.17) is 21.5 Å². The minimum atomic E-state index is -3.77. The maximum Gasteiger partial charge on any atom is 0.274 e. The molecule has 2 aromatic rings. The average molecular weight is 473 g/mol. The highest BCUT2D eigenvalue weighted by Crippen LogP contribution is 2.34. The van der Waals surface area contributed by atoms with Gasteiger partial charge in [-0.05, 0) is 34.7 Å². The van der Waals surface area contributed by atoms with Crippen LogP contribution in [0.2, 0.25) is 5.02 Å². The van der Waals surface area contributed by atoms with E-state index in [1.54, 1.807) is 30.3 Å². The Morgan fingerprint density at radius 1 is 1.00 bits per heavy atom. The van der Waals surface area contributed by atoms with Gasteiger partial charge in [0.15, 0.2) is 0 Å². The monoisotopic (exact) mass is 472 g/mol. The molecule has 0 unspecified atom stereocenters. The van der Waals surface area contributed by atoms with Crippen molar-refractivity contribution in [3.63, 3.8) is 0 Å². The van der Waals surface area contributed by atoms with E-state index in [2.05, 4.69) is 4.72 Å².